The molecule has 0 unspecified atom stereocenters. The van der Waals surface area contributed by atoms with Crippen LogP contribution in [0.25, 0.3) is 0 Å². The minimum atomic E-state index is -0.521. The first-order valence-electron chi connectivity index (χ1n) is 3.36. The molecule has 0 saturated heterocycles. The van der Waals surface area contributed by atoms with Crippen LogP contribution in [0.2, 0.25) is 0 Å². The monoisotopic (exact) mass is 283 g/mol. The predicted octanol–water partition coefficient (Wildman–Crippen LogP) is 2.77. The highest BCUT2D eigenvalue weighted by molar-refractivity contribution is 14.1. The molecule has 4 heteroatoms. The average molecular weight is 283 g/mol. The van der Waals surface area contributed by atoms with E-state index in [9.17, 15) is 8.78 Å². The fourth-order valence-electron chi connectivity index (χ4n) is 0.943. The van der Waals surface area contributed by atoms with E-state index >= 15 is 0 Å². The van der Waals surface area contributed by atoms with Gasteiger partial charge in [-0.15, -0.1) is 0 Å². The van der Waals surface area contributed by atoms with Crippen LogP contribution in [0.3, 0.4) is 0 Å². The van der Waals surface area contributed by atoms with Crippen LogP contribution in [-0.2, 0) is 0 Å². The van der Waals surface area contributed by atoms with Crippen molar-refractivity contribution in [3.05, 3.63) is 26.3 Å². The van der Waals surface area contributed by atoms with Gasteiger partial charge in [-0.2, -0.15) is 0 Å². The van der Waals surface area contributed by atoms with Gasteiger partial charge in [0.2, 0.25) is 0 Å². The van der Waals surface area contributed by atoms with Crippen molar-refractivity contribution in [2.24, 2.45) is 0 Å². The Labute approximate surface area is 83.1 Å². The Hall–Kier alpha value is -0.390. The maximum Gasteiger partial charge on any atom is 0.160 e. The molecule has 0 saturated carbocycles. The fourth-order valence-corrected chi connectivity index (χ4v) is 1.47. The van der Waals surface area contributed by atoms with Gasteiger partial charge in [0.1, 0.15) is 5.82 Å². The third kappa shape index (κ3) is 1.28. The van der Waals surface area contributed by atoms with Crippen LogP contribution in [0.1, 0.15) is 11.1 Å². The summed E-state index contributed by atoms with van der Waals surface area (Å²) >= 11 is 1.74. The molecular formula is C8H8F2IN. The zero-order valence-corrected chi connectivity index (χ0v) is 8.87. The largest absolute Gasteiger partial charge is 0.396 e. The Bertz CT molecular complexity index is 231. The highest BCUT2D eigenvalue weighted by atomic mass is 127. The van der Waals surface area contributed by atoms with Crippen LogP contribution in [0.5, 0.6) is 0 Å². The van der Waals surface area contributed by atoms with E-state index in [-0.39, 0.29) is 14.8 Å². The summed E-state index contributed by atoms with van der Waals surface area (Å²) in [5.74, 6) is -0.940. The molecule has 0 aromatic heterocycles. The molecule has 2 N–H and O–H groups in total. The van der Waals surface area contributed by atoms with Crippen molar-refractivity contribution < 1.29 is 8.78 Å². The minimum absolute atomic E-state index is 0.0949. The van der Waals surface area contributed by atoms with E-state index in [2.05, 4.69) is 0 Å². The van der Waals surface area contributed by atoms with E-state index in [4.69, 9.17) is 5.73 Å². The molecule has 0 amide bonds. The number of anilines is 1. The lowest BCUT2D eigenvalue weighted by atomic mass is 10.1. The minimum Gasteiger partial charge on any atom is -0.396 e. The number of nitrogens with two attached hydrogens (primary N) is 1. The van der Waals surface area contributed by atoms with Gasteiger partial charge in [-0.05, 0) is 36.4 Å². The van der Waals surface area contributed by atoms with Gasteiger partial charge in [0, 0.05) is 11.1 Å². The second-order valence-electron chi connectivity index (χ2n) is 2.61. The molecule has 0 radical (unpaired) electrons. The summed E-state index contributed by atoms with van der Waals surface area (Å²) in [6, 6.07) is 0. The quantitative estimate of drug-likeness (QED) is 0.442. The highest BCUT2D eigenvalue weighted by Crippen LogP contribution is 2.27. The van der Waals surface area contributed by atoms with Crippen LogP contribution in [-0.4, -0.2) is 0 Å². The predicted molar refractivity (Wildman–Crippen MR) is 53.0 cm³/mol. The Kier molecular flexibility index (Phi) is 2.55. The van der Waals surface area contributed by atoms with E-state index in [1.54, 1.807) is 22.6 Å². The summed E-state index contributed by atoms with van der Waals surface area (Å²) < 4.78 is 26.6. The number of halogens is 3. The van der Waals surface area contributed by atoms with Gasteiger partial charge in [-0.1, -0.05) is 0 Å². The molecule has 0 atom stereocenters. The molecule has 0 aliphatic rings. The fraction of sp³-hybridized carbons (Fsp3) is 0.250. The summed E-state index contributed by atoms with van der Waals surface area (Å²) in [6.07, 6.45) is 0. The van der Waals surface area contributed by atoms with Gasteiger partial charge in [0.25, 0.3) is 0 Å². The first-order valence-corrected chi connectivity index (χ1v) is 4.43. The molecule has 66 valence electrons. The number of benzene rings is 1. The molecule has 12 heavy (non-hydrogen) atoms. The average Bonchev–Trinajstić information content (AvgIpc) is 2.08. The lowest BCUT2D eigenvalue weighted by Crippen LogP contribution is -2.03. The molecule has 1 aromatic carbocycles. The van der Waals surface area contributed by atoms with Gasteiger partial charge >= 0.3 is 0 Å². The third-order valence-electron chi connectivity index (χ3n) is 1.82. The molecule has 0 spiro atoms. The van der Waals surface area contributed by atoms with Crippen molar-refractivity contribution in [2.75, 3.05) is 5.73 Å². The second-order valence-corrected chi connectivity index (χ2v) is 3.68. The van der Waals surface area contributed by atoms with Crippen molar-refractivity contribution in [3.63, 3.8) is 0 Å². The first kappa shape index (κ1) is 9.70. The number of hydrogen-bond donors (Lipinski definition) is 1. The Morgan fingerprint density at radius 2 is 1.58 bits per heavy atom. The van der Waals surface area contributed by atoms with E-state index in [0.717, 1.165) is 0 Å². The topological polar surface area (TPSA) is 26.0 Å². The third-order valence-corrected chi connectivity index (χ3v) is 3.10. The molecule has 0 bridgehead atoms. The molecule has 0 aliphatic carbocycles. The standard InChI is InChI=1S/C8H8F2IN/c1-3-5(9)4(2)8(12)6(10)7(3)11/h12H2,1-2H3. The van der Waals surface area contributed by atoms with E-state index in [0.29, 0.717) is 5.56 Å². The molecule has 0 aliphatic heterocycles. The van der Waals surface area contributed by atoms with Gasteiger partial charge in [-0.3, -0.25) is 0 Å². The SMILES string of the molecule is Cc1c(N)c(F)c(I)c(C)c1F. The normalized spacial score (nSPS) is 10.4. The summed E-state index contributed by atoms with van der Waals surface area (Å²) in [4.78, 5) is 0. The van der Waals surface area contributed by atoms with Crippen LogP contribution in [0.4, 0.5) is 14.5 Å². The second kappa shape index (κ2) is 3.16. The number of rotatable bonds is 0. The lowest BCUT2D eigenvalue weighted by Gasteiger charge is -2.08. The Morgan fingerprint density at radius 3 is 2.08 bits per heavy atom. The van der Waals surface area contributed by atoms with E-state index < -0.39 is 11.6 Å². The lowest BCUT2D eigenvalue weighted by molar-refractivity contribution is 0.582. The first-order chi connectivity index (χ1) is 5.46. The van der Waals surface area contributed by atoms with Crippen molar-refractivity contribution in [3.8, 4) is 0 Å². The van der Waals surface area contributed by atoms with Gasteiger partial charge in [0.15, 0.2) is 5.82 Å². The zero-order valence-electron chi connectivity index (χ0n) is 6.71. The highest BCUT2D eigenvalue weighted by Gasteiger charge is 2.15. The maximum atomic E-state index is 13.2. The van der Waals surface area contributed by atoms with Crippen molar-refractivity contribution in [1.82, 2.24) is 0 Å². The van der Waals surface area contributed by atoms with Gasteiger partial charge < -0.3 is 5.73 Å². The summed E-state index contributed by atoms with van der Waals surface area (Å²) in [5.41, 5.74) is 5.74. The maximum absolute atomic E-state index is 13.2. The molecule has 1 nitrogen and oxygen atoms in total. The van der Waals surface area contributed by atoms with Crippen LogP contribution in [0, 0.1) is 29.1 Å². The van der Waals surface area contributed by atoms with Crippen molar-refractivity contribution >= 4 is 28.3 Å². The summed E-state index contributed by atoms with van der Waals surface area (Å²) in [7, 11) is 0. The Balaban J connectivity index is 3.60. The molecule has 0 fully saturated rings. The van der Waals surface area contributed by atoms with Crippen LogP contribution >= 0.6 is 22.6 Å². The zero-order chi connectivity index (χ0) is 9.46. The summed E-state index contributed by atoms with van der Waals surface area (Å²) in [6.45, 7) is 3.00. The van der Waals surface area contributed by atoms with E-state index in [1.165, 1.54) is 13.8 Å². The van der Waals surface area contributed by atoms with Crippen molar-refractivity contribution in [2.45, 2.75) is 13.8 Å². The molecule has 1 rings (SSSR count). The Morgan fingerprint density at radius 1 is 1.08 bits per heavy atom. The molecular weight excluding hydrogens is 275 g/mol. The van der Waals surface area contributed by atoms with Gasteiger partial charge in [0.05, 0.1) is 9.26 Å². The van der Waals surface area contributed by atoms with Crippen LogP contribution < -0.4 is 5.73 Å². The van der Waals surface area contributed by atoms with Crippen molar-refractivity contribution in [1.29, 1.82) is 0 Å². The molecule has 0 heterocycles. The number of hydrogen-bond acceptors (Lipinski definition) is 1. The molecule has 1 aromatic rings. The van der Waals surface area contributed by atoms with Crippen LogP contribution in [0.15, 0.2) is 0 Å². The van der Waals surface area contributed by atoms with E-state index in [1.807, 2.05) is 0 Å². The number of nitrogen functional groups attached to an aromatic ring is 1. The van der Waals surface area contributed by atoms with Gasteiger partial charge in [-0.25, -0.2) is 8.78 Å². The smallest absolute Gasteiger partial charge is 0.160 e. The summed E-state index contributed by atoms with van der Waals surface area (Å²) in [5, 5.41) is 0.